The summed E-state index contributed by atoms with van der Waals surface area (Å²) in [4.78, 5) is 10.8. The van der Waals surface area contributed by atoms with Crippen LogP contribution in [-0.2, 0) is 0 Å². The maximum atomic E-state index is 5.92. The van der Waals surface area contributed by atoms with E-state index in [0.29, 0.717) is 5.95 Å². The highest BCUT2D eigenvalue weighted by molar-refractivity contribution is 5.73. The molecule has 5 heteroatoms. The van der Waals surface area contributed by atoms with Gasteiger partial charge in [-0.1, -0.05) is 0 Å². The quantitative estimate of drug-likeness (QED) is 0.840. The first-order chi connectivity index (χ1) is 7.59. The van der Waals surface area contributed by atoms with Crippen LogP contribution in [0.25, 0.3) is 11.2 Å². The molecule has 16 heavy (non-hydrogen) atoms. The van der Waals surface area contributed by atoms with Crippen LogP contribution in [0.15, 0.2) is 18.3 Å². The van der Waals surface area contributed by atoms with Crippen molar-refractivity contribution in [3.63, 3.8) is 0 Å². The first-order valence-corrected chi connectivity index (χ1v) is 5.32. The normalized spacial score (nSPS) is 13.5. The van der Waals surface area contributed by atoms with Crippen LogP contribution < -0.4 is 5.73 Å². The molecule has 0 aliphatic heterocycles. The number of rotatable bonds is 3. The number of aromatic nitrogens is 3. The van der Waals surface area contributed by atoms with E-state index in [9.17, 15) is 0 Å². The number of nitrogens with zero attached hydrogens (tertiary/aromatic N) is 4. The zero-order valence-electron chi connectivity index (χ0n) is 9.88. The first-order valence-electron chi connectivity index (χ1n) is 5.32. The predicted octanol–water partition coefficient (Wildman–Crippen LogP) is 1.14. The third-order valence-corrected chi connectivity index (χ3v) is 2.55. The Kier molecular flexibility index (Phi) is 2.78. The highest BCUT2D eigenvalue weighted by Gasteiger charge is 2.14. The Balaban J connectivity index is 2.46. The monoisotopic (exact) mass is 219 g/mol. The summed E-state index contributed by atoms with van der Waals surface area (Å²) in [5.74, 6) is 0.531. The van der Waals surface area contributed by atoms with Crippen LogP contribution in [0.5, 0.6) is 0 Å². The number of fused-ring (bicyclic) bond motifs is 1. The molecule has 0 spiro atoms. The van der Waals surface area contributed by atoms with Crippen molar-refractivity contribution in [2.45, 2.75) is 13.0 Å². The van der Waals surface area contributed by atoms with Crippen LogP contribution in [-0.4, -0.2) is 40.1 Å². The Morgan fingerprint density at radius 2 is 2.25 bits per heavy atom. The summed E-state index contributed by atoms with van der Waals surface area (Å²) in [7, 11) is 4.08. The molecule has 2 aromatic heterocycles. The zero-order chi connectivity index (χ0) is 11.7. The van der Waals surface area contributed by atoms with Gasteiger partial charge >= 0.3 is 0 Å². The molecule has 0 bridgehead atoms. The molecule has 1 atom stereocenters. The molecule has 0 saturated heterocycles. The summed E-state index contributed by atoms with van der Waals surface area (Å²) >= 11 is 0. The lowest BCUT2D eigenvalue weighted by atomic mass is 10.3. The standard InChI is InChI=1S/C11H17N5/c1-8(7-15(2)3)16-10-9(14-11(16)12)5-4-6-13-10/h4-6,8H,7H2,1-3H3,(H2,12,14). The summed E-state index contributed by atoms with van der Waals surface area (Å²) < 4.78 is 1.98. The average molecular weight is 219 g/mol. The summed E-state index contributed by atoms with van der Waals surface area (Å²) in [5, 5.41) is 0. The predicted molar refractivity (Wildman–Crippen MR) is 65.2 cm³/mol. The van der Waals surface area contributed by atoms with Gasteiger partial charge in [-0.2, -0.15) is 0 Å². The largest absolute Gasteiger partial charge is 0.369 e. The maximum absolute atomic E-state index is 5.92. The fraction of sp³-hybridized carbons (Fsp3) is 0.455. The van der Waals surface area contributed by atoms with Gasteiger partial charge in [0.1, 0.15) is 5.52 Å². The van der Waals surface area contributed by atoms with E-state index in [4.69, 9.17) is 5.73 Å². The summed E-state index contributed by atoms with van der Waals surface area (Å²) in [6, 6.07) is 4.06. The highest BCUT2D eigenvalue weighted by atomic mass is 15.2. The van der Waals surface area contributed by atoms with Crippen LogP contribution in [0.1, 0.15) is 13.0 Å². The van der Waals surface area contributed by atoms with Gasteiger partial charge < -0.3 is 10.6 Å². The zero-order valence-corrected chi connectivity index (χ0v) is 9.88. The van der Waals surface area contributed by atoms with Crippen molar-refractivity contribution >= 4 is 17.1 Å². The van der Waals surface area contributed by atoms with Gasteiger partial charge in [0.05, 0.1) is 0 Å². The molecule has 0 fully saturated rings. The molecule has 86 valence electrons. The van der Waals surface area contributed by atoms with Crippen molar-refractivity contribution in [3.05, 3.63) is 18.3 Å². The van der Waals surface area contributed by atoms with Crippen molar-refractivity contribution < 1.29 is 0 Å². The molecule has 5 nitrogen and oxygen atoms in total. The van der Waals surface area contributed by atoms with Crippen molar-refractivity contribution in [1.82, 2.24) is 19.4 Å². The molecule has 0 amide bonds. The number of likely N-dealkylation sites (N-methyl/N-ethyl adjacent to an activating group) is 1. The lowest BCUT2D eigenvalue weighted by Crippen LogP contribution is -2.23. The van der Waals surface area contributed by atoms with E-state index >= 15 is 0 Å². The fourth-order valence-electron chi connectivity index (χ4n) is 1.99. The van der Waals surface area contributed by atoms with E-state index in [1.54, 1.807) is 6.20 Å². The molecule has 2 rings (SSSR count). The van der Waals surface area contributed by atoms with Gasteiger partial charge in [0.2, 0.25) is 5.95 Å². The highest BCUT2D eigenvalue weighted by Crippen LogP contribution is 2.20. The van der Waals surface area contributed by atoms with Crippen molar-refractivity contribution in [2.75, 3.05) is 26.4 Å². The average Bonchev–Trinajstić information content (AvgIpc) is 2.52. The smallest absolute Gasteiger partial charge is 0.202 e. The minimum absolute atomic E-state index is 0.259. The van der Waals surface area contributed by atoms with Crippen LogP contribution in [0.3, 0.4) is 0 Å². The van der Waals surface area contributed by atoms with Gasteiger partial charge in [-0.25, -0.2) is 9.97 Å². The SMILES string of the molecule is CC(CN(C)C)n1c(N)nc2cccnc21. The van der Waals surface area contributed by atoms with Crippen molar-refractivity contribution in [1.29, 1.82) is 0 Å². The molecular weight excluding hydrogens is 202 g/mol. The summed E-state index contributed by atoms with van der Waals surface area (Å²) in [6.07, 6.45) is 1.77. The lowest BCUT2D eigenvalue weighted by Gasteiger charge is -2.19. The van der Waals surface area contributed by atoms with Crippen LogP contribution in [0, 0.1) is 0 Å². The molecule has 0 aromatic carbocycles. The third-order valence-electron chi connectivity index (χ3n) is 2.55. The first kappa shape index (κ1) is 10.9. The van der Waals surface area contributed by atoms with Crippen LogP contribution in [0.4, 0.5) is 5.95 Å². The molecular formula is C11H17N5. The number of pyridine rings is 1. The summed E-state index contributed by atoms with van der Waals surface area (Å²) in [6.45, 7) is 3.03. The van der Waals surface area contributed by atoms with Crippen LogP contribution in [0.2, 0.25) is 0 Å². The van der Waals surface area contributed by atoms with Gasteiger partial charge in [0.25, 0.3) is 0 Å². The number of anilines is 1. The maximum Gasteiger partial charge on any atom is 0.202 e. The minimum Gasteiger partial charge on any atom is -0.369 e. The van der Waals surface area contributed by atoms with Gasteiger partial charge in [0, 0.05) is 18.8 Å². The number of nitrogen functional groups attached to an aromatic ring is 1. The Labute approximate surface area is 94.9 Å². The number of hydrogen-bond acceptors (Lipinski definition) is 4. The molecule has 0 radical (unpaired) electrons. The van der Waals surface area contributed by atoms with Crippen molar-refractivity contribution in [3.8, 4) is 0 Å². The molecule has 2 heterocycles. The Morgan fingerprint density at radius 1 is 1.50 bits per heavy atom. The van der Waals surface area contributed by atoms with Crippen molar-refractivity contribution in [2.24, 2.45) is 0 Å². The number of imidazole rings is 1. The molecule has 2 N–H and O–H groups in total. The minimum atomic E-state index is 0.259. The second kappa shape index (κ2) is 4.09. The number of nitrogens with two attached hydrogens (primary N) is 1. The second-order valence-electron chi connectivity index (χ2n) is 4.30. The van der Waals surface area contributed by atoms with Crippen LogP contribution >= 0.6 is 0 Å². The Morgan fingerprint density at radius 3 is 2.94 bits per heavy atom. The van der Waals surface area contributed by atoms with E-state index in [1.165, 1.54) is 0 Å². The molecule has 2 aromatic rings. The summed E-state index contributed by atoms with van der Waals surface area (Å²) in [5.41, 5.74) is 7.63. The van der Waals surface area contributed by atoms with Gasteiger partial charge in [-0.15, -0.1) is 0 Å². The number of hydrogen-bond donors (Lipinski definition) is 1. The van der Waals surface area contributed by atoms with Gasteiger partial charge in [0.15, 0.2) is 5.65 Å². The van der Waals surface area contributed by atoms with E-state index in [-0.39, 0.29) is 6.04 Å². The van der Waals surface area contributed by atoms with E-state index in [1.807, 2.05) is 30.8 Å². The molecule has 0 aliphatic rings. The molecule has 0 aliphatic carbocycles. The van der Waals surface area contributed by atoms with E-state index in [0.717, 1.165) is 17.7 Å². The Hall–Kier alpha value is -1.62. The van der Waals surface area contributed by atoms with E-state index < -0.39 is 0 Å². The molecule has 1 unspecified atom stereocenters. The topological polar surface area (TPSA) is 60.0 Å². The lowest BCUT2D eigenvalue weighted by molar-refractivity contribution is 0.342. The van der Waals surface area contributed by atoms with Gasteiger partial charge in [-0.3, -0.25) is 4.57 Å². The fourth-order valence-corrected chi connectivity index (χ4v) is 1.99. The van der Waals surface area contributed by atoms with E-state index in [2.05, 4.69) is 21.8 Å². The molecule has 0 saturated carbocycles. The van der Waals surface area contributed by atoms with Gasteiger partial charge in [-0.05, 0) is 33.2 Å². The third kappa shape index (κ3) is 1.86. The Bertz CT molecular complexity index is 488. The second-order valence-corrected chi connectivity index (χ2v) is 4.30.